The number of rotatable bonds is 4. The van der Waals surface area contributed by atoms with Crippen molar-refractivity contribution in [1.29, 1.82) is 5.26 Å². The van der Waals surface area contributed by atoms with Crippen molar-refractivity contribution in [3.05, 3.63) is 70.3 Å². The molecule has 4 aliphatic rings. The van der Waals surface area contributed by atoms with E-state index >= 15 is 0 Å². The molecule has 0 unspecified atom stereocenters. The number of amides is 2. The van der Waals surface area contributed by atoms with Gasteiger partial charge in [-0.1, -0.05) is 23.7 Å². The number of benzene rings is 2. The lowest BCUT2D eigenvalue weighted by Crippen LogP contribution is -2.51. The van der Waals surface area contributed by atoms with E-state index in [4.69, 9.17) is 30.6 Å². The van der Waals surface area contributed by atoms with E-state index in [0.29, 0.717) is 48.0 Å². The van der Waals surface area contributed by atoms with Crippen LogP contribution in [0.25, 0.3) is 0 Å². The van der Waals surface area contributed by atoms with E-state index in [0.717, 1.165) is 5.56 Å². The van der Waals surface area contributed by atoms with Crippen LogP contribution in [0.2, 0.25) is 5.02 Å². The maximum Gasteiger partial charge on any atom is 0.528 e. The Hall–Kier alpha value is -4.27. The molecule has 2 aromatic carbocycles. The average molecular weight is 623 g/mol. The van der Waals surface area contributed by atoms with Gasteiger partial charge in [0.1, 0.15) is 41.9 Å². The van der Waals surface area contributed by atoms with Gasteiger partial charge in [0, 0.05) is 25.4 Å². The van der Waals surface area contributed by atoms with Crippen molar-refractivity contribution in [2.45, 2.75) is 63.1 Å². The molecule has 3 heterocycles. The summed E-state index contributed by atoms with van der Waals surface area (Å²) in [4.78, 5) is 44.5. The van der Waals surface area contributed by atoms with Crippen LogP contribution in [-0.4, -0.2) is 66.5 Å². The number of carbonyl (C=O) groups excluding carboxylic acids is 3. The molecule has 44 heavy (non-hydrogen) atoms. The molecule has 0 aromatic heterocycles. The second-order valence-electron chi connectivity index (χ2n) is 12.1. The number of fused-ring (bicyclic) bond motifs is 9. The highest BCUT2D eigenvalue weighted by Crippen LogP contribution is 2.35. The Bertz CT molecular complexity index is 1500. The van der Waals surface area contributed by atoms with Gasteiger partial charge in [0.25, 0.3) is 5.91 Å². The Morgan fingerprint density at radius 1 is 1.09 bits per heavy atom. The minimum Gasteiger partial charge on any atom is -0.489 e. The highest BCUT2D eigenvalue weighted by molar-refractivity contribution is 6.32. The van der Waals surface area contributed by atoms with Gasteiger partial charge in [-0.2, -0.15) is 5.26 Å². The number of nitrogens with one attached hydrogen (secondary N) is 2. The molecule has 2 amide bonds. The van der Waals surface area contributed by atoms with Crippen molar-refractivity contribution in [3.8, 4) is 17.6 Å². The van der Waals surface area contributed by atoms with Crippen LogP contribution in [0.15, 0.2) is 48.6 Å². The van der Waals surface area contributed by atoms with Gasteiger partial charge >= 0.3 is 6.16 Å². The molecule has 12 heteroatoms. The van der Waals surface area contributed by atoms with Crippen molar-refractivity contribution in [1.82, 2.24) is 15.7 Å². The van der Waals surface area contributed by atoms with Crippen LogP contribution in [0.3, 0.4) is 0 Å². The van der Waals surface area contributed by atoms with Gasteiger partial charge in [-0.15, -0.1) is 5.06 Å². The first-order chi connectivity index (χ1) is 20.9. The minimum absolute atomic E-state index is 0.0157. The van der Waals surface area contributed by atoms with Crippen molar-refractivity contribution in [2.75, 3.05) is 26.3 Å². The predicted octanol–water partition coefficient (Wildman–Crippen LogP) is 4.45. The number of halogens is 1. The maximum absolute atomic E-state index is 13.8. The molecule has 1 saturated carbocycles. The van der Waals surface area contributed by atoms with Crippen LogP contribution in [0.4, 0.5) is 4.79 Å². The zero-order valence-electron chi connectivity index (χ0n) is 24.9. The minimum atomic E-state index is -0.998. The van der Waals surface area contributed by atoms with Gasteiger partial charge in [-0.05, 0) is 81.2 Å². The third kappa shape index (κ3) is 7.81. The summed E-state index contributed by atoms with van der Waals surface area (Å²) in [6.45, 7) is 6.55. The number of hydrogen-bond donors (Lipinski definition) is 2. The first-order valence-electron chi connectivity index (χ1n) is 14.5. The molecule has 2 N–H and O–H groups in total. The smallest absolute Gasteiger partial charge is 0.489 e. The molecular weight excluding hydrogens is 588 g/mol. The molecule has 0 spiro atoms. The van der Waals surface area contributed by atoms with Crippen molar-refractivity contribution >= 4 is 29.6 Å². The Balaban J connectivity index is 1.37. The normalized spacial score (nSPS) is 20.8. The molecule has 1 aliphatic carbocycles. The van der Waals surface area contributed by atoms with Crippen LogP contribution in [0.5, 0.6) is 11.5 Å². The third-order valence-corrected chi connectivity index (χ3v) is 7.68. The summed E-state index contributed by atoms with van der Waals surface area (Å²) in [6.07, 6.45) is 4.03. The fourth-order valence-electron chi connectivity index (χ4n) is 4.80. The molecule has 11 nitrogen and oxygen atoms in total. The lowest BCUT2D eigenvalue weighted by Gasteiger charge is -2.37. The fraction of sp³-hybridized carbons (Fsp3) is 0.438. The van der Waals surface area contributed by atoms with Crippen molar-refractivity contribution < 1.29 is 33.4 Å². The van der Waals surface area contributed by atoms with E-state index in [9.17, 15) is 19.6 Å². The quantitative estimate of drug-likeness (QED) is 0.374. The van der Waals surface area contributed by atoms with Crippen LogP contribution in [0.1, 0.15) is 61.0 Å². The number of nitrogens with zero attached hydrogens (tertiary/aromatic N) is 2. The first-order valence-corrected chi connectivity index (χ1v) is 14.8. The van der Waals surface area contributed by atoms with Gasteiger partial charge in [0.15, 0.2) is 0 Å². The predicted molar refractivity (Wildman–Crippen MR) is 160 cm³/mol. The number of ether oxygens (including phenoxy) is 3. The molecule has 0 radical (unpaired) electrons. The second-order valence-corrected chi connectivity index (χ2v) is 12.5. The first kappa shape index (κ1) is 31.2. The maximum atomic E-state index is 13.8. The van der Waals surface area contributed by atoms with E-state index in [1.165, 1.54) is 5.06 Å². The van der Waals surface area contributed by atoms with Crippen molar-refractivity contribution in [3.63, 3.8) is 0 Å². The molecule has 2 aromatic rings. The van der Waals surface area contributed by atoms with Crippen LogP contribution < -0.4 is 20.1 Å². The average Bonchev–Trinajstić information content (AvgIpc) is 3.71. The summed E-state index contributed by atoms with van der Waals surface area (Å²) in [6, 6.07) is 11.7. The highest BCUT2D eigenvalue weighted by Gasteiger charge is 2.46. The molecular formula is C32H35ClN4O7. The Labute approximate surface area is 261 Å². The van der Waals surface area contributed by atoms with Gasteiger partial charge in [-0.3, -0.25) is 9.59 Å². The van der Waals surface area contributed by atoms with Gasteiger partial charge in [-0.25, -0.2) is 4.79 Å². The lowest BCUT2D eigenvalue weighted by atomic mass is 9.91. The van der Waals surface area contributed by atoms with E-state index in [1.807, 2.05) is 6.07 Å². The fourth-order valence-corrected chi connectivity index (χ4v) is 5.05. The Kier molecular flexibility index (Phi) is 9.04. The lowest BCUT2D eigenvalue weighted by molar-refractivity contribution is -0.182. The highest BCUT2D eigenvalue weighted by atomic mass is 35.5. The van der Waals surface area contributed by atoms with E-state index in [2.05, 4.69) is 16.7 Å². The summed E-state index contributed by atoms with van der Waals surface area (Å²) in [5.74, 6) is -0.162. The number of carbonyl (C=O) groups is 3. The monoisotopic (exact) mass is 622 g/mol. The molecule has 2 bridgehead atoms. The largest absolute Gasteiger partial charge is 0.528 e. The van der Waals surface area contributed by atoms with Crippen LogP contribution >= 0.6 is 11.6 Å². The van der Waals surface area contributed by atoms with Gasteiger partial charge < -0.3 is 29.7 Å². The summed E-state index contributed by atoms with van der Waals surface area (Å²) in [7, 11) is 0. The van der Waals surface area contributed by atoms with Gasteiger partial charge in [0.2, 0.25) is 5.91 Å². The standard InChI is InChI=1S/C32H35ClN4O7/c1-31(2,3)43-30(40)44-37-17-22(18-37)21-7-9-26-23(16-21)28(38)35-25(29(39)36-32(19-34)10-11-32)15-20-6-8-27(24(33)14-20)42-13-5-4-12-41-26/h4-9,14,16,22,25H,10-13,15,17-18H2,1-3H3,(H,35,38)(H,36,39)/b5-4+/t25-/m0/s1. The summed E-state index contributed by atoms with van der Waals surface area (Å²) in [5.41, 5.74) is 0.214. The molecule has 2 fully saturated rings. The Morgan fingerprint density at radius 2 is 1.77 bits per heavy atom. The Morgan fingerprint density at radius 3 is 2.41 bits per heavy atom. The number of hydrogen-bond acceptors (Lipinski definition) is 9. The zero-order chi connectivity index (χ0) is 31.5. The SMILES string of the molecule is CC(C)(C)OC(=O)ON1CC(c2ccc3c(c2)C(=O)N[C@H](C(=O)NC2(C#N)CC2)Cc2ccc(c(Cl)c2)OC/C=C/CO3)C1. The molecule has 1 atom stereocenters. The molecule has 6 rings (SSSR count). The summed E-state index contributed by atoms with van der Waals surface area (Å²) < 4.78 is 16.9. The van der Waals surface area contributed by atoms with Crippen LogP contribution in [-0.2, 0) is 20.8 Å². The number of hydroxylamine groups is 2. The van der Waals surface area contributed by atoms with E-state index in [-0.39, 0.29) is 31.1 Å². The van der Waals surface area contributed by atoms with Gasteiger partial charge in [0.05, 0.1) is 16.7 Å². The second kappa shape index (κ2) is 12.8. The molecule has 3 aliphatic heterocycles. The topological polar surface area (TPSA) is 139 Å². The molecule has 1 saturated heterocycles. The summed E-state index contributed by atoms with van der Waals surface area (Å²) in [5, 5.41) is 17.1. The summed E-state index contributed by atoms with van der Waals surface area (Å²) >= 11 is 6.45. The molecule has 232 valence electrons. The van der Waals surface area contributed by atoms with Crippen molar-refractivity contribution in [2.24, 2.45) is 0 Å². The van der Waals surface area contributed by atoms with Crippen LogP contribution in [0, 0.1) is 11.3 Å². The third-order valence-electron chi connectivity index (χ3n) is 7.38. The zero-order valence-corrected chi connectivity index (χ0v) is 25.6. The number of nitriles is 1. The van der Waals surface area contributed by atoms with E-state index < -0.39 is 35.2 Å². The van der Waals surface area contributed by atoms with E-state index in [1.54, 1.807) is 63.3 Å².